The number of nitrogens with one attached hydrogen (secondary N) is 4. The molecule has 6 N–H and O–H groups in total. The molecular formula is C57H101N11O13. The summed E-state index contributed by atoms with van der Waals surface area (Å²) in [6, 6.07) is -13.1. The van der Waals surface area contributed by atoms with Crippen LogP contribution in [0.4, 0.5) is 0 Å². The van der Waals surface area contributed by atoms with Gasteiger partial charge in [-0.1, -0.05) is 81.4 Å². The molecule has 0 unspecified atom stereocenters. The van der Waals surface area contributed by atoms with Crippen LogP contribution in [0.5, 0.6) is 0 Å². The number of hydrogen-bond donors (Lipinski definition) is 6. The minimum absolute atomic E-state index is 0.0179. The molecular weight excluding hydrogens is 1050 g/mol. The number of amides is 11. The fraction of sp³-hybridized carbons (Fsp3) is 0.772. The first-order chi connectivity index (χ1) is 37.3. The number of carbonyl (C=O) groups is 11. The average molecular weight is 1150 g/mol. The number of hydrogen-bond acceptors (Lipinski definition) is 13. The van der Waals surface area contributed by atoms with E-state index in [0.29, 0.717) is 6.42 Å². The Hall–Kier alpha value is -6.17. The third-order valence-electron chi connectivity index (χ3n) is 15.3. The first-order valence-corrected chi connectivity index (χ1v) is 28.4. The van der Waals surface area contributed by atoms with Gasteiger partial charge in [0.15, 0.2) is 0 Å². The second-order valence-corrected chi connectivity index (χ2v) is 23.7. The number of nitrogens with zero attached hydrogens (tertiary/aromatic N) is 7. The molecule has 1 aliphatic rings. The summed E-state index contributed by atoms with van der Waals surface area (Å²) in [4.78, 5) is 165. The second kappa shape index (κ2) is 32.5. The summed E-state index contributed by atoms with van der Waals surface area (Å²) in [6.45, 7) is 24.0. The zero-order valence-electron chi connectivity index (χ0n) is 52.5. The Bertz CT molecular complexity index is 2240. The molecule has 81 heavy (non-hydrogen) atoms. The van der Waals surface area contributed by atoms with Crippen LogP contribution in [0.25, 0.3) is 0 Å². The molecule has 0 spiro atoms. The third kappa shape index (κ3) is 19.5. The van der Waals surface area contributed by atoms with Crippen LogP contribution in [0.1, 0.15) is 130 Å². The van der Waals surface area contributed by atoms with Crippen LogP contribution in [0.15, 0.2) is 12.2 Å². The molecule has 0 saturated carbocycles. The molecule has 24 heteroatoms. The molecule has 0 aromatic carbocycles. The lowest BCUT2D eigenvalue weighted by atomic mass is 9.91. The van der Waals surface area contributed by atoms with Gasteiger partial charge in [-0.25, -0.2) is 0 Å². The first kappa shape index (κ1) is 72.8. The number of carbonyl (C=O) groups excluding carboxylic acids is 11. The maximum atomic E-state index is 15.1. The minimum Gasteiger partial charge on any atom is -0.391 e. The second-order valence-electron chi connectivity index (χ2n) is 23.7. The minimum atomic E-state index is -1.64. The number of allylic oxidation sites excluding steroid dienone is 2. The summed E-state index contributed by atoms with van der Waals surface area (Å²) in [6.07, 6.45) is 1.08. The number of aliphatic hydroxyl groups is 2. The highest BCUT2D eigenvalue weighted by Gasteiger charge is 2.45. The Morgan fingerprint density at radius 2 is 0.975 bits per heavy atom. The topological polar surface area (TPSA) is 299 Å². The summed E-state index contributed by atoms with van der Waals surface area (Å²) in [5.74, 6) is -10.4. The van der Waals surface area contributed by atoms with Crippen molar-refractivity contribution in [2.45, 2.75) is 202 Å². The molecule has 0 aromatic heterocycles. The molecule has 0 aliphatic carbocycles. The van der Waals surface area contributed by atoms with Gasteiger partial charge in [-0.05, 0) is 89.9 Å². The van der Waals surface area contributed by atoms with Gasteiger partial charge in [0, 0.05) is 49.3 Å². The van der Waals surface area contributed by atoms with Crippen molar-refractivity contribution in [3.63, 3.8) is 0 Å². The van der Waals surface area contributed by atoms with E-state index < -0.39 is 162 Å². The van der Waals surface area contributed by atoms with Gasteiger partial charge in [-0.3, -0.25) is 52.7 Å². The molecule has 462 valence electrons. The summed E-state index contributed by atoms with van der Waals surface area (Å²) in [5, 5.41) is 33.4. The normalized spacial score (nSPS) is 27.9. The number of aliphatic hydroxyl groups excluding tert-OH is 2. The van der Waals surface area contributed by atoms with E-state index in [1.165, 1.54) is 91.7 Å². The fourth-order valence-corrected chi connectivity index (χ4v) is 9.83. The van der Waals surface area contributed by atoms with E-state index in [1.807, 2.05) is 27.7 Å². The van der Waals surface area contributed by atoms with E-state index in [9.17, 15) is 53.4 Å². The summed E-state index contributed by atoms with van der Waals surface area (Å²) < 4.78 is 0. The highest BCUT2D eigenvalue weighted by molar-refractivity contribution is 5.99. The molecule has 1 fully saturated rings. The smallest absolute Gasteiger partial charge is 0.246 e. The zero-order valence-corrected chi connectivity index (χ0v) is 52.5. The standard InChI is InChI=1S/C57H101N11O13/c1-23-25-26-34(11)47(71)46-51(75)60-39(24-2)53(77)62(16)29-42(70)66(20)45(38(15)69)50(74)61-43(32(7)8)56(80)63(17)37(14)49(73)58-35(12)48(72)59-36(13)52(76)64(18)40(27-30(3)4)54(78)65(19)41(28-31(5)6)55(79)67(21)44(33(9)10)57(81)68(46)22/h23,25,30-41,43-47,69,71H,24,26-29H2,1-22H3,(H,58,73)(H,59,72)(H,60,75)(H,61,74)/b25-23+/t34-,35+,36-,37+,38-,39+,40+,41+,43+,44+,45+,46+,47-/m1/s1. The maximum absolute atomic E-state index is 15.1. The van der Waals surface area contributed by atoms with E-state index in [0.717, 1.165) is 19.6 Å². The van der Waals surface area contributed by atoms with Gasteiger partial charge in [-0.15, -0.1) is 0 Å². The van der Waals surface area contributed by atoms with Crippen molar-refractivity contribution in [2.75, 3.05) is 55.9 Å². The Kier molecular flexibility index (Phi) is 29.2. The van der Waals surface area contributed by atoms with Crippen molar-refractivity contribution < 1.29 is 63.0 Å². The van der Waals surface area contributed by atoms with Crippen LogP contribution >= 0.6 is 0 Å². The fourth-order valence-electron chi connectivity index (χ4n) is 9.83. The van der Waals surface area contributed by atoms with Crippen LogP contribution < -0.4 is 21.3 Å². The van der Waals surface area contributed by atoms with Gasteiger partial charge < -0.3 is 65.8 Å². The molecule has 13 atom stereocenters. The van der Waals surface area contributed by atoms with Crippen LogP contribution in [-0.2, 0) is 52.7 Å². The zero-order chi connectivity index (χ0) is 63.0. The molecule has 0 aromatic rings. The first-order valence-electron chi connectivity index (χ1n) is 28.4. The van der Waals surface area contributed by atoms with Gasteiger partial charge in [0.1, 0.15) is 60.4 Å². The highest BCUT2D eigenvalue weighted by Crippen LogP contribution is 2.25. The number of rotatable bonds is 12. The van der Waals surface area contributed by atoms with E-state index in [-0.39, 0.29) is 31.1 Å². The monoisotopic (exact) mass is 1150 g/mol. The largest absolute Gasteiger partial charge is 0.391 e. The van der Waals surface area contributed by atoms with E-state index in [4.69, 9.17) is 0 Å². The van der Waals surface area contributed by atoms with E-state index in [1.54, 1.807) is 60.6 Å². The van der Waals surface area contributed by atoms with Gasteiger partial charge in [0.05, 0.1) is 18.8 Å². The quantitative estimate of drug-likeness (QED) is 0.146. The summed E-state index contributed by atoms with van der Waals surface area (Å²) >= 11 is 0. The Morgan fingerprint density at radius 1 is 0.506 bits per heavy atom. The predicted molar refractivity (Wildman–Crippen MR) is 307 cm³/mol. The van der Waals surface area contributed by atoms with Crippen molar-refractivity contribution in [3.05, 3.63) is 12.2 Å². The lowest BCUT2D eigenvalue weighted by Crippen LogP contribution is -2.63. The third-order valence-corrected chi connectivity index (χ3v) is 15.3. The van der Waals surface area contributed by atoms with Crippen molar-refractivity contribution >= 4 is 65.0 Å². The lowest BCUT2D eigenvalue weighted by molar-refractivity contribution is -0.157. The molecule has 0 radical (unpaired) electrons. The SMILES string of the molecule is C/C=C/C[C@@H](C)[C@@H](O)[C@H]1C(=O)N[C@@H](CC)C(=O)N(C)CC(=O)N(C)[C@@H]([C@@H](C)O)C(=O)N[C@@H](C(C)C)C(=O)N(C)[C@@H](C)C(=O)N[C@@H](C)C(=O)N[C@H](C)C(=O)N(C)[C@@H](CC(C)C)C(=O)N(C)[C@@H](CC(C)C)C(=O)N(C)[C@@H](C(C)C)C(=O)N1C. The van der Waals surface area contributed by atoms with E-state index in [2.05, 4.69) is 21.3 Å². The van der Waals surface area contributed by atoms with Crippen molar-refractivity contribution in [1.82, 2.24) is 55.6 Å². The molecule has 11 amide bonds. The molecule has 1 aliphatic heterocycles. The van der Waals surface area contributed by atoms with Crippen molar-refractivity contribution in [3.8, 4) is 0 Å². The van der Waals surface area contributed by atoms with E-state index >= 15 is 9.59 Å². The molecule has 0 bridgehead atoms. The van der Waals surface area contributed by atoms with Gasteiger partial charge in [-0.2, -0.15) is 0 Å². The lowest BCUT2D eigenvalue weighted by Gasteiger charge is -2.41. The van der Waals surface area contributed by atoms with Crippen LogP contribution in [-0.4, -0.2) is 238 Å². The molecule has 1 rings (SSSR count). The Morgan fingerprint density at radius 3 is 1.43 bits per heavy atom. The van der Waals surface area contributed by atoms with Crippen molar-refractivity contribution in [2.24, 2.45) is 29.6 Å². The van der Waals surface area contributed by atoms with Crippen LogP contribution in [0, 0.1) is 29.6 Å². The van der Waals surface area contributed by atoms with Crippen LogP contribution in [0.3, 0.4) is 0 Å². The molecule has 1 heterocycles. The Labute approximate surface area is 481 Å². The summed E-state index contributed by atoms with van der Waals surface area (Å²) in [5.41, 5.74) is 0. The number of likely N-dealkylation sites (N-methyl/N-ethyl adjacent to an activating group) is 7. The summed E-state index contributed by atoms with van der Waals surface area (Å²) in [7, 11) is 9.46. The Balaban J connectivity index is 4.22. The van der Waals surface area contributed by atoms with Gasteiger partial charge >= 0.3 is 0 Å². The average Bonchev–Trinajstić information content (AvgIpc) is 3.38. The van der Waals surface area contributed by atoms with Gasteiger partial charge in [0.25, 0.3) is 0 Å². The maximum Gasteiger partial charge on any atom is 0.246 e. The van der Waals surface area contributed by atoms with Gasteiger partial charge in [0.2, 0.25) is 65.0 Å². The van der Waals surface area contributed by atoms with Crippen LogP contribution in [0.2, 0.25) is 0 Å². The molecule has 1 saturated heterocycles. The highest BCUT2D eigenvalue weighted by atomic mass is 16.3. The molecule has 24 nitrogen and oxygen atoms in total. The predicted octanol–water partition coefficient (Wildman–Crippen LogP) is 0.577. The van der Waals surface area contributed by atoms with Crippen molar-refractivity contribution in [1.29, 1.82) is 0 Å².